The zero-order valence-corrected chi connectivity index (χ0v) is 16.1. The highest BCUT2D eigenvalue weighted by Gasteiger charge is 2.38. The van der Waals surface area contributed by atoms with Crippen LogP contribution in [0.3, 0.4) is 0 Å². The fourth-order valence-corrected chi connectivity index (χ4v) is 4.02. The molecule has 3 rings (SSSR count). The van der Waals surface area contributed by atoms with Gasteiger partial charge in [-0.3, -0.25) is 0 Å². The number of anilines is 1. The van der Waals surface area contributed by atoms with E-state index in [1.165, 1.54) is 6.33 Å². The molecule has 0 saturated carbocycles. The summed E-state index contributed by atoms with van der Waals surface area (Å²) < 4.78 is 5.55. The maximum atomic E-state index is 6.07. The normalized spacial score (nSPS) is 19.8. The highest BCUT2D eigenvalue weighted by Crippen LogP contribution is 2.32. The van der Waals surface area contributed by atoms with Crippen LogP contribution in [0.5, 0.6) is 5.88 Å². The first-order chi connectivity index (χ1) is 11.7. The number of fused-ring (bicyclic) bond motifs is 1. The zero-order chi connectivity index (χ0) is 18.2. The Kier molecular flexibility index (Phi) is 4.72. The van der Waals surface area contributed by atoms with Crippen molar-refractivity contribution in [3.63, 3.8) is 0 Å². The summed E-state index contributed by atoms with van der Waals surface area (Å²) in [7, 11) is 0. The predicted molar refractivity (Wildman–Crippen MR) is 99.2 cm³/mol. The van der Waals surface area contributed by atoms with E-state index in [4.69, 9.17) is 16.3 Å². The zero-order valence-electron chi connectivity index (χ0n) is 15.4. The van der Waals surface area contributed by atoms with Gasteiger partial charge in [-0.15, -0.1) is 0 Å². The van der Waals surface area contributed by atoms with Gasteiger partial charge in [0, 0.05) is 17.1 Å². The number of piperidine rings is 1. The number of ether oxygens (including phenoxy) is 1. The van der Waals surface area contributed by atoms with Crippen LogP contribution in [0, 0.1) is 0 Å². The largest absolute Gasteiger partial charge is 0.476 e. The van der Waals surface area contributed by atoms with Gasteiger partial charge in [0.2, 0.25) is 11.2 Å². The Hall–Kier alpha value is -1.73. The molecule has 1 aliphatic rings. The van der Waals surface area contributed by atoms with E-state index in [0.29, 0.717) is 29.3 Å². The van der Waals surface area contributed by atoms with E-state index in [9.17, 15) is 0 Å². The highest BCUT2D eigenvalue weighted by molar-refractivity contribution is 6.28. The van der Waals surface area contributed by atoms with Crippen molar-refractivity contribution in [3.05, 3.63) is 11.6 Å². The summed E-state index contributed by atoms with van der Waals surface area (Å²) >= 11 is 6.07. The monoisotopic (exact) mass is 364 g/mol. The molecule has 7 nitrogen and oxygen atoms in total. The summed E-state index contributed by atoms with van der Waals surface area (Å²) in [5.41, 5.74) is 1.22. The average Bonchev–Trinajstić information content (AvgIpc) is 2.45. The lowest BCUT2D eigenvalue weighted by Gasteiger charge is -2.46. The summed E-state index contributed by atoms with van der Waals surface area (Å²) in [6.45, 7) is 11.2. The van der Waals surface area contributed by atoms with Crippen LogP contribution < -0.4 is 15.4 Å². The van der Waals surface area contributed by atoms with Crippen LogP contribution in [0.15, 0.2) is 6.33 Å². The minimum Gasteiger partial charge on any atom is -0.476 e. The number of aromatic nitrogens is 4. The van der Waals surface area contributed by atoms with E-state index in [-0.39, 0.29) is 22.4 Å². The van der Waals surface area contributed by atoms with Gasteiger partial charge >= 0.3 is 0 Å². The van der Waals surface area contributed by atoms with E-state index >= 15 is 0 Å². The molecule has 0 radical (unpaired) electrons. The molecule has 1 saturated heterocycles. The lowest BCUT2D eigenvalue weighted by molar-refractivity contribution is 0.170. The molecule has 25 heavy (non-hydrogen) atoms. The molecule has 0 aliphatic carbocycles. The van der Waals surface area contributed by atoms with Gasteiger partial charge < -0.3 is 15.4 Å². The summed E-state index contributed by atoms with van der Waals surface area (Å²) in [5, 5.41) is 7.34. The average molecular weight is 365 g/mol. The smallest absolute Gasteiger partial charge is 0.245 e. The highest BCUT2D eigenvalue weighted by atomic mass is 35.5. The lowest BCUT2D eigenvalue weighted by atomic mass is 9.79. The summed E-state index contributed by atoms with van der Waals surface area (Å²) in [5.74, 6) is 1.04. The first kappa shape index (κ1) is 18.1. The van der Waals surface area contributed by atoms with Crippen LogP contribution in [0.2, 0.25) is 5.28 Å². The molecule has 1 fully saturated rings. The Morgan fingerprint density at radius 1 is 1.16 bits per heavy atom. The molecule has 2 aromatic heterocycles. The second kappa shape index (κ2) is 6.53. The number of hydrogen-bond acceptors (Lipinski definition) is 7. The van der Waals surface area contributed by atoms with Gasteiger partial charge in [0.25, 0.3) is 0 Å². The molecule has 0 spiro atoms. The first-order valence-electron chi connectivity index (χ1n) is 8.56. The molecule has 8 heteroatoms. The summed E-state index contributed by atoms with van der Waals surface area (Å²) in [6.07, 6.45) is 3.44. The van der Waals surface area contributed by atoms with Gasteiger partial charge in [-0.1, -0.05) is 0 Å². The van der Waals surface area contributed by atoms with Crippen molar-refractivity contribution in [2.45, 2.75) is 64.6 Å². The molecule has 0 atom stereocenters. The van der Waals surface area contributed by atoms with Crippen LogP contribution in [-0.4, -0.2) is 43.7 Å². The van der Waals surface area contributed by atoms with Crippen molar-refractivity contribution in [1.82, 2.24) is 25.3 Å². The minimum absolute atomic E-state index is 0.0331. The molecular formula is C17H25ClN6O. The molecule has 0 bridgehead atoms. The van der Waals surface area contributed by atoms with Crippen molar-refractivity contribution in [1.29, 1.82) is 0 Å². The Labute approximate surface area is 153 Å². The Morgan fingerprint density at radius 2 is 1.84 bits per heavy atom. The van der Waals surface area contributed by atoms with E-state index in [1.807, 2.05) is 6.92 Å². The molecule has 2 N–H and O–H groups in total. The van der Waals surface area contributed by atoms with Crippen LogP contribution in [0.4, 0.5) is 5.82 Å². The Morgan fingerprint density at radius 3 is 2.48 bits per heavy atom. The van der Waals surface area contributed by atoms with Crippen LogP contribution >= 0.6 is 11.6 Å². The number of rotatable bonds is 4. The maximum Gasteiger partial charge on any atom is 0.245 e. The molecule has 3 heterocycles. The second-order valence-corrected chi connectivity index (χ2v) is 8.13. The van der Waals surface area contributed by atoms with Gasteiger partial charge in [0.05, 0.1) is 6.61 Å². The number of nitrogens with one attached hydrogen (secondary N) is 2. The van der Waals surface area contributed by atoms with E-state index in [1.54, 1.807) is 0 Å². The van der Waals surface area contributed by atoms with Gasteiger partial charge in [-0.25, -0.2) is 15.0 Å². The molecule has 1 aliphatic heterocycles. The van der Waals surface area contributed by atoms with E-state index < -0.39 is 0 Å². The van der Waals surface area contributed by atoms with Crippen molar-refractivity contribution in [2.24, 2.45) is 0 Å². The van der Waals surface area contributed by atoms with E-state index in [0.717, 1.165) is 12.8 Å². The SMILES string of the molecule is CCOc1nc(Cl)nc2c(NC3CC(C)(C)NC(C)(C)C3)ncnc12. The third-order valence-corrected chi connectivity index (χ3v) is 4.40. The fourth-order valence-electron chi connectivity index (χ4n) is 3.86. The molecule has 2 aromatic rings. The van der Waals surface area contributed by atoms with Crippen molar-refractivity contribution in [3.8, 4) is 5.88 Å². The van der Waals surface area contributed by atoms with Crippen LogP contribution in [0.1, 0.15) is 47.5 Å². The van der Waals surface area contributed by atoms with Gasteiger partial charge in [0.1, 0.15) is 11.8 Å². The van der Waals surface area contributed by atoms with E-state index in [2.05, 4.69) is 58.3 Å². The van der Waals surface area contributed by atoms with Crippen molar-refractivity contribution in [2.75, 3.05) is 11.9 Å². The van der Waals surface area contributed by atoms with Crippen molar-refractivity contribution < 1.29 is 4.74 Å². The topological polar surface area (TPSA) is 84.9 Å². The number of nitrogens with zero attached hydrogens (tertiary/aromatic N) is 4. The minimum atomic E-state index is 0.0331. The fraction of sp³-hybridized carbons (Fsp3) is 0.647. The molecule has 0 aromatic carbocycles. The quantitative estimate of drug-likeness (QED) is 0.806. The van der Waals surface area contributed by atoms with Crippen LogP contribution in [0.25, 0.3) is 11.0 Å². The van der Waals surface area contributed by atoms with Gasteiger partial charge in [-0.05, 0) is 59.1 Å². The Bertz CT molecular complexity index is 763. The van der Waals surface area contributed by atoms with Gasteiger partial charge in [-0.2, -0.15) is 4.98 Å². The van der Waals surface area contributed by atoms with Crippen molar-refractivity contribution >= 4 is 28.5 Å². The van der Waals surface area contributed by atoms with Crippen LogP contribution in [-0.2, 0) is 0 Å². The standard InChI is InChI=1S/C17H25ClN6O/c1-6-25-14-12-11(22-15(18)23-14)13(20-9-19-12)21-10-7-16(2,3)24-17(4,5)8-10/h9-10,24H,6-8H2,1-5H3,(H,19,20,21). The first-order valence-corrected chi connectivity index (χ1v) is 8.94. The summed E-state index contributed by atoms with van der Waals surface area (Å²) in [6, 6.07) is 0.258. The molecule has 0 unspecified atom stereocenters. The Balaban J connectivity index is 1.96. The third-order valence-electron chi connectivity index (χ3n) is 4.23. The second-order valence-electron chi connectivity index (χ2n) is 7.79. The number of hydrogen-bond donors (Lipinski definition) is 2. The maximum absolute atomic E-state index is 6.07. The molecule has 136 valence electrons. The predicted octanol–water partition coefficient (Wildman–Crippen LogP) is 3.19. The van der Waals surface area contributed by atoms with Gasteiger partial charge in [0.15, 0.2) is 11.3 Å². The lowest BCUT2D eigenvalue weighted by Crippen LogP contribution is -2.60. The molecule has 0 amide bonds. The molecular weight excluding hydrogens is 340 g/mol. The number of halogens is 1. The third kappa shape index (κ3) is 4.10. The summed E-state index contributed by atoms with van der Waals surface area (Å²) in [4.78, 5) is 17.1.